The summed E-state index contributed by atoms with van der Waals surface area (Å²) in [6.45, 7) is 5.14. The number of hydrogen-bond acceptors (Lipinski definition) is 7. The second-order valence-corrected chi connectivity index (χ2v) is 7.36. The Morgan fingerprint density at radius 2 is 1.79 bits per heavy atom. The maximum absolute atomic E-state index is 12.9. The number of nitrogens with one attached hydrogen (secondary N) is 1. The summed E-state index contributed by atoms with van der Waals surface area (Å²) in [5.41, 5.74) is 1.79. The number of methoxy groups -OCH3 is 2. The molecule has 9 heteroatoms. The van der Waals surface area contributed by atoms with Crippen LogP contribution in [0.5, 0.6) is 23.0 Å². The summed E-state index contributed by atoms with van der Waals surface area (Å²) in [7, 11) is 3.02. The Hall–Kier alpha value is -3.88. The summed E-state index contributed by atoms with van der Waals surface area (Å²) in [6.07, 6.45) is -0.0899. The molecule has 9 nitrogen and oxygen atoms in total. The summed E-state index contributed by atoms with van der Waals surface area (Å²) in [6, 6.07) is 8.48. The van der Waals surface area contributed by atoms with Gasteiger partial charge < -0.3 is 33.8 Å². The van der Waals surface area contributed by atoms with Gasteiger partial charge in [-0.25, -0.2) is 9.59 Å². The van der Waals surface area contributed by atoms with E-state index in [4.69, 9.17) is 28.8 Å². The zero-order chi connectivity index (χ0) is 24.1. The standard InChI is InChI=1S/C24H27NO8/c1-6-31-24(28)23-22(15-8-7-14(29-4)9-18(15)32-12-21(26)27)16-10-19(30-5)20(33-13(2)3)11-17(16)25-23/h7-11,13,25H,6,12H2,1-5H3,(H,26,27). The van der Waals surface area contributed by atoms with Gasteiger partial charge in [0.15, 0.2) is 18.1 Å². The molecule has 0 saturated carbocycles. The van der Waals surface area contributed by atoms with E-state index in [0.29, 0.717) is 39.3 Å². The van der Waals surface area contributed by atoms with Crippen LogP contribution in [0.2, 0.25) is 0 Å². The van der Waals surface area contributed by atoms with E-state index in [1.54, 1.807) is 37.3 Å². The Morgan fingerprint density at radius 3 is 2.39 bits per heavy atom. The molecule has 0 unspecified atom stereocenters. The Labute approximate surface area is 191 Å². The molecule has 3 aromatic rings. The van der Waals surface area contributed by atoms with Gasteiger partial charge in [-0.1, -0.05) is 0 Å². The lowest BCUT2D eigenvalue weighted by Crippen LogP contribution is -2.11. The fourth-order valence-electron chi connectivity index (χ4n) is 3.44. The highest BCUT2D eigenvalue weighted by atomic mass is 16.5. The summed E-state index contributed by atoms with van der Waals surface area (Å²) in [4.78, 5) is 27.1. The van der Waals surface area contributed by atoms with Gasteiger partial charge in [0.2, 0.25) is 0 Å². The number of carbonyl (C=O) groups excluding carboxylic acids is 1. The number of carboxylic acid groups (broad SMARTS) is 1. The molecule has 0 bridgehead atoms. The Kier molecular flexibility index (Phi) is 7.32. The van der Waals surface area contributed by atoms with Crippen molar-refractivity contribution in [3.05, 3.63) is 36.0 Å². The van der Waals surface area contributed by atoms with Crippen LogP contribution < -0.4 is 18.9 Å². The van der Waals surface area contributed by atoms with Crippen molar-refractivity contribution in [2.75, 3.05) is 27.4 Å². The van der Waals surface area contributed by atoms with Gasteiger partial charge in [-0.3, -0.25) is 0 Å². The van der Waals surface area contributed by atoms with E-state index in [1.165, 1.54) is 14.2 Å². The molecule has 0 radical (unpaired) electrons. The molecule has 2 N–H and O–H groups in total. The van der Waals surface area contributed by atoms with Crippen LogP contribution in [0.25, 0.3) is 22.0 Å². The molecule has 3 rings (SSSR count). The number of esters is 1. The third kappa shape index (κ3) is 5.14. The van der Waals surface area contributed by atoms with Crippen molar-refractivity contribution in [2.24, 2.45) is 0 Å². The summed E-state index contributed by atoms with van der Waals surface area (Å²) in [5.74, 6) is 0.0136. The van der Waals surface area contributed by atoms with Crippen molar-refractivity contribution in [3.63, 3.8) is 0 Å². The van der Waals surface area contributed by atoms with Crippen molar-refractivity contribution in [2.45, 2.75) is 26.9 Å². The molecule has 0 spiro atoms. The van der Waals surface area contributed by atoms with Gasteiger partial charge in [-0.15, -0.1) is 0 Å². The van der Waals surface area contributed by atoms with Gasteiger partial charge in [0.05, 0.1) is 32.4 Å². The minimum absolute atomic E-state index is 0.0899. The van der Waals surface area contributed by atoms with Crippen molar-refractivity contribution < 1.29 is 38.4 Å². The third-order valence-electron chi connectivity index (χ3n) is 4.73. The predicted molar refractivity (Wildman–Crippen MR) is 122 cm³/mol. The van der Waals surface area contributed by atoms with Crippen LogP contribution in [0.4, 0.5) is 0 Å². The molecule has 0 amide bonds. The van der Waals surface area contributed by atoms with Crippen LogP contribution in [-0.2, 0) is 9.53 Å². The molecule has 0 saturated heterocycles. The van der Waals surface area contributed by atoms with Crippen molar-refractivity contribution >= 4 is 22.8 Å². The lowest BCUT2D eigenvalue weighted by atomic mass is 10.00. The summed E-state index contributed by atoms with van der Waals surface area (Å²) >= 11 is 0. The van der Waals surface area contributed by atoms with Crippen LogP contribution >= 0.6 is 0 Å². The molecule has 176 valence electrons. The van der Waals surface area contributed by atoms with Gasteiger partial charge in [-0.05, 0) is 39.0 Å². The number of carboxylic acids is 1. The quantitative estimate of drug-likeness (QED) is 0.434. The first-order valence-electron chi connectivity index (χ1n) is 10.4. The average Bonchev–Trinajstić information content (AvgIpc) is 3.14. The van der Waals surface area contributed by atoms with E-state index < -0.39 is 18.5 Å². The molecular formula is C24H27NO8. The first-order chi connectivity index (χ1) is 15.8. The topological polar surface area (TPSA) is 116 Å². The molecule has 1 aromatic heterocycles. The number of aromatic amines is 1. The SMILES string of the molecule is CCOC(=O)c1[nH]c2cc(OC(C)C)c(OC)cc2c1-c1ccc(OC)cc1OCC(=O)O. The van der Waals surface area contributed by atoms with Crippen molar-refractivity contribution in [1.29, 1.82) is 0 Å². The van der Waals surface area contributed by atoms with Gasteiger partial charge in [0, 0.05) is 28.6 Å². The van der Waals surface area contributed by atoms with Crippen molar-refractivity contribution in [3.8, 4) is 34.1 Å². The first kappa shape index (κ1) is 23.8. The van der Waals surface area contributed by atoms with Crippen LogP contribution in [0, 0.1) is 0 Å². The van der Waals surface area contributed by atoms with Crippen LogP contribution in [0.3, 0.4) is 0 Å². The van der Waals surface area contributed by atoms with E-state index in [9.17, 15) is 9.59 Å². The first-order valence-corrected chi connectivity index (χ1v) is 10.4. The minimum Gasteiger partial charge on any atom is -0.497 e. The van der Waals surface area contributed by atoms with Gasteiger partial charge >= 0.3 is 11.9 Å². The van der Waals surface area contributed by atoms with E-state index in [0.717, 1.165) is 0 Å². The lowest BCUT2D eigenvalue weighted by Gasteiger charge is -2.15. The second kappa shape index (κ2) is 10.2. The number of hydrogen-bond donors (Lipinski definition) is 2. The highest BCUT2D eigenvalue weighted by molar-refractivity contribution is 6.09. The van der Waals surface area contributed by atoms with Crippen LogP contribution in [0.1, 0.15) is 31.3 Å². The zero-order valence-electron chi connectivity index (χ0n) is 19.2. The average molecular weight is 457 g/mol. The minimum atomic E-state index is -1.13. The molecule has 0 aliphatic rings. The number of benzene rings is 2. The van der Waals surface area contributed by atoms with E-state index >= 15 is 0 Å². The molecular weight excluding hydrogens is 430 g/mol. The Morgan fingerprint density at radius 1 is 1.03 bits per heavy atom. The number of aromatic nitrogens is 1. The number of ether oxygens (including phenoxy) is 5. The largest absolute Gasteiger partial charge is 0.497 e. The maximum atomic E-state index is 12.9. The number of H-pyrrole nitrogens is 1. The zero-order valence-corrected chi connectivity index (χ0v) is 19.2. The molecule has 33 heavy (non-hydrogen) atoms. The smallest absolute Gasteiger partial charge is 0.355 e. The maximum Gasteiger partial charge on any atom is 0.355 e. The number of carbonyl (C=O) groups is 2. The predicted octanol–water partition coefficient (Wildman–Crippen LogP) is 4.28. The Balaban J connectivity index is 2.31. The molecule has 2 aromatic carbocycles. The molecule has 0 atom stereocenters. The fraction of sp³-hybridized carbons (Fsp3) is 0.333. The number of fused-ring (bicyclic) bond motifs is 1. The normalized spacial score (nSPS) is 10.8. The molecule has 1 heterocycles. The van der Waals surface area contributed by atoms with E-state index in [1.807, 2.05) is 13.8 Å². The number of aliphatic carboxylic acids is 1. The van der Waals surface area contributed by atoms with E-state index in [2.05, 4.69) is 4.98 Å². The number of rotatable bonds is 10. The highest BCUT2D eigenvalue weighted by Crippen LogP contribution is 2.43. The van der Waals surface area contributed by atoms with E-state index in [-0.39, 0.29) is 24.2 Å². The van der Waals surface area contributed by atoms with Gasteiger partial charge in [-0.2, -0.15) is 0 Å². The Bertz CT molecular complexity index is 1160. The van der Waals surface area contributed by atoms with Crippen LogP contribution in [-0.4, -0.2) is 55.6 Å². The third-order valence-corrected chi connectivity index (χ3v) is 4.73. The van der Waals surface area contributed by atoms with Gasteiger partial charge in [0.25, 0.3) is 0 Å². The monoisotopic (exact) mass is 457 g/mol. The fourth-order valence-corrected chi connectivity index (χ4v) is 3.44. The highest BCUT2D eigenvalue weighted by Gasteiger charge is 2.25. The summed E-state index contributed by atoms with van der Waals surface area (Å²) in [5, 5.41) is 9.76. The molecule has 0 fully saturated rings. The molecule has 0 aliphatic carbocycles. The second-order valence-electron chi connectivity index (χ2n) is 7.36. The van der Waals surface area contributed by atoms with Crippen LogP contribution in [0.15, 0.2) is 30.3 Å². The van der Waals surface area contributed by atoms with Gasteiger partial charge in [0.1, 0.15) is 17.2 Å². The van der Waals surface area contributed by atoms with Crippen molar-refractivity contribution in [1.82, 2.24) is 4.98 Å². The summed E-state index contributed by atoms with van der Waals surface area (Å²) < 4.78 is 27.4. The molecule has 0 aliphatic heterocycles. The lowest BCUT2D eigenvalue weighted by molar-refractivity contribution is -0.139.